The molecule has 0 amide bonds. The third-order valence-corrected chi connectivity index (χ3v) is 3.36. The number of methoxy groups -OCH3 is 3. The maximum atomic E-state index is 11.6. The van der Waals surface area contributed by atoms with Crippen molar-refractivity contribution in [3.63, 3.8) is 0 Å². The van der Waals surface area contributed by atoms with Crippen LogP contribution in [0.15, 0.2) is 30.3 Å². The van der Waals surface area contributed by atoms with E-state index in [0.29, 0.717) is 40.0 Å². The normalized spacial score (nSPS) is 9.95. The highest BCUT2D eigenvalue weighted by Crippen LogP contribution is 2.44. The first kappa shape index (κ1) is 15.6. The van der Waals surface area contributed by atoms with Crippen molar-refractivity contribution >= 4 is 12.6 Å². The van der Waals surface area contributed by atoms with Crippen molar-refractivity contribution in [3.05, 3.63) is 41.5 Å². The number of rotatable bonds is 6. The standard InChI is InChI=1S/C17H16O5/c1-20-15-8-13(12-7-5-4-6-11(12)9-18)14(10-19)16(21-2)17(15)22-3/h4-10H,1-3H3. The Bertz CT molecular complexity index is 706. The van der Waals surface area contributed by atoms with Gasteiger partial charge in [0.25, 0.3) is 0 Å². The highest BCUT2D eigenvalue weighted by molar-refractivity contribution is 5.98. The predicted molar refractivity (Wildman–Crippen MR) is 82.3 cm³/mol. The number of hydrogen-bond donors (Lipinski definition) is 0. The Kier molecular flexibility index (Phi) is 4.78. The van der Waals surface area contributed by atoms with E-state index in [4.69, 9.17) is 14.2 Å². The zero-order chi connectivity index (χ0) is 16.1. The SMILES string of the molecule is COc1cc(-c2ccccc2C=O)c(C=O)c(OC)c1OC. The molecule has 0 heterocycles. The van der Waals surface area contributed by atoms with Crippen LogP contribution in [0.3, 0.4) is 0 Å². The monoisotopic (exact) mass is 300 g/mol. The van der Waals surface area contributed by atoms with Gasteiger partial charge in [-0.25, -0.2) is 0 Å². The molecule has 0 bridgehead atoms. The molecule has 2 aromatic rings. The summed E-state index contributed by atoms with van der Waals surface area (Å²) < 4.78 is 15.9. The van der Waals surface area contributed by atoms with Gasteiger partial charge in [0.1, 0.15) is 0 Å². The van der Waals surface area contributed by atoms with Crippen molar-refractivity contribution in [1.29, 1.82) is 0 Å². The van der Waals surface area contributed by atoms with Crippen LogP contribution < -0.4 is 14.2 Å². The zero-order valence-electron chi connectivity index (χ0n) is 12.6. The highest BCUT2D eigenvalue weighted by Gasteiger charge is 2.22. The summed E-state index contributed by atoms with van der Waals surface area (Å²) in [5.74, 6) is 1.02. The van der Waals surface area contributed by atoms with E-state index in [0.717, 1.165) is 6.29 Å². The molecule has 22 heavy (non-hydrogen) atoms. The number of hydrogen-bond acceptors (Lipinski definition) is 5. The lowest BCUT2D eigenvalue weighted by Gasteiger charge is -2.17. The second kappa shape index (κ2) is 6.76. The summed E-state index contributed by atoms with van der Waals surface area (Å²) >= 11 is 0. The molecule has 5 heteroatoms. The maximum Gasteiger partial charge on any atom is 0.204 e. The van der Waals surface area contributed by atoms with Crippen LogP contribution in [0.5, 0.6) is 17.2 Å². The molecule has 0 atom stereocenters. The van der Waals surface area contributed by atoms with Crippen molar-refractivity contribution in [2.75, 3.05) is 21.3 Å². The van der Waals surface area contributed by atoms with Gasteiger partial charge in [0.15, 0.2) is 24.1 Å². The molecule has 0 aromatic heterocycles. The average molecular weight is 300 g/mol. The third kappa shape index (κ3) is 2.53. The molecular weight excluding hydrogens is 284 g/mol. The molecule has 0 N–H and O–H groups in total. The number of aldehydes is 2. The Labute approximate surface area is 128 Å². The summed E-state index contributed by atoms with van der Waals surface area (Å²) in [5, 5.41) is 0. The Balaban J connectivity index is 2.86. The van der Waals surface area contributed by atoms with Crippen LogP contribution in [0.25, 0.3) is 11.1 Å². The van der Waals surface area contributed by atoms with E-state index in [9.17, 15) is 9.59 Å². The topological polar surface area (TPSA) is 61.8 Å². The number of carbonyl (C=O) groups is 2. The van der Waals surface area contributed by atoms with Gasteiger partial charge in [-0.05, 0) is 11.6 Å². The van der Waals surface area contributed by atoms with Crippen LogP contribution in [-0.2, 0) is 0 Å². The van der Waals surface area contributed by atoms with Gasteiger partial charge in [-0.1, -0.05) is 24.3 Å². The van der Waals surface area contributed by atoms with Gasteiger partial charge >= 0.3 is 0 Å². The van der Waals surface area contributed by atoms with Gasteiger partial charge in [0.2, 0.25) is 5.75 Å². The van der Waals surface area contributed by atoms with Crippen LogP contribution in [0.1, 0.15) is 20.7 Å². The fourth-order valence-corrected chi connectivity index (χ4v) is 2.36. The number of carbonyl (C=O) groups excluding carboxylic acids is 2. The van der Waals surface area contributed by atoms with Gasteiger partial charge in [-0.2, -0.15) is 0 Å². The van der Waals surface area contributed by atoms with Crippen molar-refractivity contribution in [2.45, 2.75) is 0 Å². The molecule has 2 aromatic carbocycles. The fraction of sp³-hybridized carbons (Fsp3) is 0.176. The van der Waals surface area contributed by atoms with Crippen molar-refractivity contribution in [1.82, 2.24) is 0 Å². The molecule has 0 aliphatic rings. The van der Waals surface area contributed by atoms with Crippen LogP contribution in [0.2, 0.25) is 0 Å². The summed E-state index contributed by atoms with van der Waals surface area (Å²) in [6.45, 7) is 0. The largest absolute Gasteiger partial charge is 0.493 e. The molecule has 0 unspecified atom stereocenters. The van der Waals surface area contributed by atoms with Gasteiger partial charge in [0, 0.05) is 11.1 Å². The summed E-state index contributed by atoms with van der Waals surface area (Å²) in [4.78, 5) is 22.8. The second-order valence-corrected chi connectivity index (χ2v) is 4.43. The van der Waals surface area contributed by atoms with Crippen molar-refractivity contribution in [3.8, 4) is 28.4 Å². The summed E-state index contributed by atoms with van der Waals surface area (Å²) in [5.41, 5.74) is 1.94. The number of benzene rings is 2. The van der Waals surface area contributed by atoms with Gasteiger partial charge < -0.3 is 14.2 Å². The summed E-state index contributed by atoms with van der Waals surface area (Å²) in [7, 11) is 4.40. The second-order valence-electron chi connectivity index (χ2n) is 4.43. The lowest BCUT2D eigenvalue weighted by atomic mass is 9.95. The molecule has 5 nitrogen and oxygen atoms in total. The Morgan fingerprint density at radius 2 is 1.50 bits per heavy atom. The predicted octanol–water partition coefficient (Wildman–Crippen LogP) is 3.00. The summed E-state index contributed by atoms with van der Waals surface area (Å²) in [6, 6.07) is 8.65. The molecule has 2 rings (SSSR count). The maximum absolute atomic E-state index is 11.6. The Morgan fingerprint density at radius 1 is 0.818 bits per heavy atom. The van der Waals surface area contributed by atoms with E-state index in [1.54, 1.807) is 30.3 Å². The molecule has 0 saturated heterocycles. The molecule has 114 valence electrons. The Morgan fingerprint density at radius 3 is 2.05 bits per heavy atom. The quantitative estimate of drug-likeness (QED) is 0.767. The van der Waals surface area contributed by atoms with Crippen molar-refractivity contribution in [2.24, 2.45) is 0 Å². The van der Waals surface area contributed by atoms with Gasteiger partial charge in [-0.15, -0.1) is 0 Å². The van der Waals surface area contributed by atoms with E-state index in [-0.39, 0.29) is 5.75 Å². The molecule has 0 aliphatic heterocycles. The van der Waals surface area contributed by atoms with Crippen LogP contribution in [-0.4, -0.2) is 33.9 Å². The molecule has 0 fully saturated rings. The van der Waals surface area contributed by atoms with E-state index >= 15 is 0 Å². The first-order valence-corrected chi connectivity index (χ1v) is 6.54. The third-order valence-electron chi connectivity index (χ3n) is 3.36. The first-order chi connectivity index (χ1) is 10.7. The van der Waals surface area contributed by atoms with Crippen LogP contribution in [0, 0.1) is 0 Å². The minimum absolute atomic E-state index is 0.271. The Hall–Kier alpha value is -2.82. The highest BCUT2D eigenvalue weighted by atomic mass is 16.5. The lowest BCUT2D eigenvalue weighted by molar-refractivity contribution is 0.111. The molecule has 0 aliphatic carbocycles. The average Bonchev–Trinajstić information content (AvgIpc) is 2.59. The summed E-state index contributed by atoms with van der Waals surface area (Å²) in [6.07, 6.45) is 1.42. The minimum Gasteiger partial charge on any atom is -0.493 e. The van der Waals surface area contributed by atoms with Gasteiger partial charge in [-0.3, -0.25) is 9.59 Å². The zero-order valence-corrected chi connectivity index (χ0v) is 12.6. The van der Waals surface area contributed by atoms with E-state index in [2.05, 4.69) is 0 Å². The van der Waals surface area contributed by atoms with Crippen LogP contribution >= 0.6 is 0 Å². The fourth-order valence-electron chi connectivity index (χ4n) is 2.36. The van der Waals surface area contributed by atoms with Crippen molar-refractivity contribution < 1.29 is 23.8 Å². The van der Waals surface area contributed by atoms with Gasteiger partial charge in [0.05, 0.1) is 26.9 Å². The number of ether oxygens (including phenoxy) is 3. The first-order valence-electron chi connectivity index (χ1n) is 6.54. The molecular formula is C17H16O5. The van der Waals surface area contributed by atoms with E-state index < -0.39 is 0 Å². The molecule has 0 saturated carbocycles. The molecule has 0 spiro atoms. The van der Waals surface area contributed by atoms with Crippen LogP contribution in [0.4, 0.5) is 0 Å². The lowest BCUT2D eigenvalue weighted by Crippen LogP contribution is -2.02. The minimum atomic E-state index is 0.271. The molecule has 0 radical (unpaired) electrons. The smallest absolute Gasteiger partial charge is 0.204 e. The van der Waals surface area contributed by atoms with E-state index in [1.165, 1.54) is 21.3 Å². The van der Waals surface area contributed by atoms with E-state index in [1.807, 2.05) is 0 Å².